The van der Waals surface area contributed by atoms with Crippen LogP contribution in [0.1, 0.15) is 0 Å². The van der Waals surface area contributed by atoms with Gasteiger partial charge in [0.25, 0.3) is 0 Å². The van der Waals surface area contributed by atoms with Crippen molar-refractivity contribution in [3.8, 4) is 5.75 Å². The van der Waals surface area contributed by atoms with Crippen LogP contribution in [0.4, 0.5) is 0 Å². The van der Waals surface area contributed by atoms with E-state index in [-0.39, 0.29) is 5.75 Å². The highest BCUT2D eigenvalue weighted by molar-refractivity contribution is 7.81. The second-order valence-electron chi connectivity index (χ2n) is 2.49. The quantitative estimate of drug-likeness (QED) is 0.752. The fourth-order valence-electron chi connectivity index (χ4n) is 1.01. The van der Waals surface area contributed by atoms with Gasteiger partial charge in [0.15, 0.2) is 12.0 Å². The summed E-state index contributed by atoms with van der Waals surface area (Å²) in [6, 6.07) is 4.18. The molecule has 0 fully saturated rings. The van der Waals surface area contributed by atoms with Crippen molar-refractivity contribution < 1.29 is 21.6 Å². The van der Waals surface area contributed by atoms with Gasteiger partial charge in [0.05, 0.1) is 0 Å². The maximum atomic E-state index is 10.4. The standard InChI is InChI=1S/C7H5NO5S/c9-14(10,11)13-5-1-2-7-6(3-5)8-4-12-7/h1-4H,(H,9,10,11). The Labute approximate surface area is 79.1 Å². The predicted octanol–water partition coefficient (Wildman–Crippen LogP) is 1.01. The number of hydrogen-bond acceptors (Lipinski definition) is 5. The van der Waals surface area contributed by atoms with Crippen LogP contribution in [0.5, 0.6) is 5.75 Å². The summed E-state index contributed by atoms with van der Waals surface area (Å²) in [5.41, 5.74) is 0.957. The Kier molecular flexibility index (Phi) is 1.90. The van der Waals surface area contributed by atoms with Gasteiger partial charge in [-0.15, -0.1) is 0 Å². The molecule has 1 aromatic carbocycles. The van der Waals surface area contributed by atoms with Crippen molar-refractivity contribution in [2.24, 2.45) is 0 Å². The molecule has 2 aromatic rings. The number of fused-ring (bicyclic) bond motifs is 1. The summed E-state index contributed by atoms with van der Waals surface area (Å²) in [6.45, 7) is 0. The summed E-state index contributed by atoms with van der Waals surface area (Å²) in [5.74, 6) is -0.0195. The van der Waals surface area contributed by atoms with Crippen molar-refractivity contribution in [3.63, 3.8) is 0 Å². The molecule has 1 heterocycles. The topological polar surface area (TPSA) is 89.6 Å². The Hall–Kier alpha value is -1.60. The van der Waals surface area contributed by atoms with Crippen molar-refractivity contribution in [3.05, 3.63) is 24.6 Å². The van der Waals surface area contributed by atoms with E-state index in [4.69, 9.17) is 8.97 Å². The molecule has 0 saturated heterocycles. The molecule has 0 atom stereocenters. The third-order valence-electron chi connectivity index (χ3n) is 1.50. The molecule has 74 valence electrons. The highest BCUT2D eigenvalue weighted by atomic mass is 32.3. The predicted molar refractivity (Wildman–Crippen MR) is 46.2 cm³/mol. The average Bonchev–Trinajstić information content (AvgIpc) is 2.47. The fraction of sp³-hybridized carbons (Fsp3) is 0. The lowest BCUT2D eigenvalue weighted by Gasteiger charge is -1.99. The Balaban J connectivity index is 2.44. The largest absolute Gasteiger partial charge is 0.446 e. The van der Waals surface area contributed by atoms with Crippen LogP contribution < -0.4 is 4.18 Å². The SMILES string of the molecule is O=S(=O)(O)Oc1ccc2ocnc2c1. The molecule has 0 amide bonds. The first-order valence-electron chi connectivity index (χ1n) is 3.55. The van der Waals surface area contributed by atoms with Crippen molar-refractivity contribution in [2.75, 3.05) is 0 Å². The Morgan fingerprint density at radius 1 is 1.43 bits per heavy atom. The Bertz CT molecular complexity index is 558. The van der Waals surface area contributed by atoms with Gasteiger partial charge < -0.3 is 8.60 Å². The van der Waals surface area contributed by atoms with Gasteiger partial charge in [-0.25, -0.2) is 4.98 Å². The average molecular weight is 215 g/mol. The first-order chi connectivity index (χ1) is 6.54. The van der Waals surface area contributed by atoms with E-state index < -0.39 is 10.4 Å². The lowest BCUT2D eigenvalue weighted by atomic mass is 10.3. The van der Waals surface area contributed by atoms with Crippen molar-refractivity contribution in [1.82, 2.24) is 4.98 Å². The molecule has 0 unspecified atom stereocenters. The van der Waals surface area contributed by atoms with Gasteiger partial charge in [-0.2, -0.15) is 8.42 Å². The number of oxazole rings is 1. The third kappa shape index (κ3) is 1.83. The molecule has 2 rings (SSSR count). The molecule has 0 saturated carbocycles. The van der Waals surface area contributed by atoms with Gasteiger partial charge in [-0.1, -0.05) is 0 Å². The molecule has 1 aromatic heterocycles. The van der Waals surface area contributed by atoms with E-state index in [0.29, 0.717) is 11.1 Å². The molecular formula is C7H5NO5S. The maximum Gasteiger partial charge on any atom is 0.446 e. The van der Waals surface area contributed by atoms with Crippen LogP contribution in [0.15, 0.2) is 29.0 Å². The van der Waals surface area contributed by atoms with Crippen LogP contribution in [0.25, 0.3) is 11.1 Å². The molecule has 7 heteroatoms. The van der Waals surface area contributed by atoms with Gasteiger partial charge >= 0.3 is 10.4 Å². The molecule has 0 aliphatic carbocycles. The van der Waals surface area contributed by atoms with E-state index in [9.17, 15) is 8.42 Å². The van der Waals surface area contributed by atoms with Crippen molar-refractivity contribution in [2.45, 2.75) is 0 Å². The van der Waals surface area contributed by atoms with E-state index in [1.54, 1.807) is 0 Å². The first-order valence-corrected chi connectivity index (χ1v) is 4.91. The van der Waals surface area contributed by atoms with Crippen molar-refractivity contribution in [1.29, 1.82) is 0 Å². The molecular weight excluding hydrogens is 210 g/mol. The summed E-state index contributed by atoms with van der Waals surface area (Å²) < 4.78 is 38.3. The zero-order chi connectivity index (χ0) is 10.2. The molecule has 0 spiro atoms. The molecule has 14 heavy (non-hydrogen) atoms. The normalized spacial score (nSPS) is 11.8. The minimum absolute atomic E-state index is 0.0195. The lowest BCUT2D eigenvalue weighted by Crippen LogP contribution is -2.06. The molecule has 0 aliphatic rings. The van der Waals surface area contributed by atoms with E-state index in [1.807, 2.05) is 0 Å². The van der Waals surface area contributed by atoms with Gasteiger partial charge in [-0.05, 0) is 12.1 Å². The van der Waals surface area contributed by atoms with Gasteiger partial charge in [0.1, 0.15) is 11.3 Å². The minimum atomic E-state index is -4.49. The second kappa shape index (κ2) is 2.96. The molecule has 0 radical (unpaired) electrons. The zero-order valence-corrected chi connectivity index (χ0v) is 7.56. The number of rotatable bonds is 2. The van der Waals surface area contributed by atoms with E-state index in [0.717, 1.165) is 0 Å². The summed E-state index contributed by atoms with van der Waals surface area (Å²) >= 11 is 0. The number of benzene rings is 1. The summed E-state index contributed by atoms with van der Waals surface area (Å²) in [7, 11) is -4.49. The van der Waals surface area contributed by atoms with Gasteiger partial charge in [0.2, 0.25) is 0 Å². The second-order valence-corrected chi connectivity index (χ2v) is 3.52. The summed E-state index contributed by atoms with van der Waals surface area (Å²) in [5, 5.41) is 0. The smallest absolute Gasteiger partial charge is 0.443 e. The number of nitrogens with zero attached hydrogens (tertiary/aromatic N) is 1. The zero-order valence-electron chi connectivity index (χ0n) is 6.75. The monoisotopic (exact) mass is 215 g/mol. The van der Waals surface area contributed by atoms with E-state index in [2.05, 4.69) is 9.17 Å². The molecule has 0 bridgehead atoms. The first kappa shape index (κ1) is 8.97. The van der Waals surface area contributed by atoms with E-state index in [1.165, 1.54) is 24.6 Å². The highest BCUT2D eigenvalue weighted by Gasteiger charge is 2.08. The fourth-order valence-corrected chi connectivity index (χ4v) is 1.36. The van der Waals surface area contributed by atoms with Gasteiger partial charge in [0, 0.05) is 6.07 Å². The van der Waals surface area contributed by atoms with Crippen LogP contribution in [0.2, 0.25) is 0 Å². The summed E-state index contributed by atoms with van der Waals surface area (Å²) in [6.07, 6.45) is 1.22. The highest BCUT2D eigenvalue weighted by Crippen LogP contribution is 2.20. The maximum absolute atomic E-state index is 10.4. The van der Waals surface area contributed by atoms with Crippen LogP contribution >= 0.6 is 0 Å². The number of aromatic nitrogens is 1. The van der Waals surface area contributed by atoms with Crippen LogP contribution in [-0.4, -0.2) is 18.0 Å². The van der Waals surface area contributed by atoms with Crippen molar-refractivity contribution >= 4 is 21.5 Å². The number of hydrogen-bond donors (Lipinski definition) is 1. The van der Waals surface area contributed by atoms with Crippen LogP contribution in [0.3, 0.4) is 0 Å². The minimum Gasteiger partial charge on any atom is -0.443 e. The molecule has 0 aliphatic heterocycles. The van der Waals surface area contributed by atoms with Crippen LogP contribution in [-0.2, 0) is 10.4 Å². The van der Waals surface area contributed by atoms with Crippen LogP contribution in [0, 0.1) is 0 Å². The summed E-state index contributed by atoms with van der Waals surface area (Å²) in [4.78, 5) is 3.79. The van der Waals surface area contributed by atoms with Gasteiger partial charge in [-0.3, -0.25) is 4.55 Å². The lowest BCUT2D eigenvalue weighted by molar-refractivity contribution is 0.387. The molecule has 6 nitrogen and oxygen atoms in total. The Morgan fingerprint density at radius 3 is 2.93 bits per heavy atom. The third-order valence-corrected chi connectivity index (χ3v) is 1.91. The molecule has 1 N–H and O–H groups in total. The Morgan fingerprint density at radius 2 is 2.21 bits per heavy atom. The van der Waals surface area contributed by atoms with E-state index >= 15 is 0 Å².